The highest BCUT2D eigenvalue weighted by Gasteiger charge is 2.49. The van der Waals surface area contributed by atoms with E-state index in [2.05, 4.69) is 10.8 Å². The number of nitrogens with one attached hydrogen (secondary N) is 2. The van der Waals surface area contributed by atoms with Crippen molar-refractivity contribution >= 4 is 17.8 Å². The van der Waals surface area contributed by atoms with Gasteiger partial charge >= 0.3 is 6.03 Å². The molecule has 4 amide bonds. The Morgan fingerprint density at radius 2 is 1.95 bits per heavy atom. The van der Waals surface area contributed by atoms with Crippen molar-refractivity contribution in [2.45, 2.75) is 26.3 Å². The van der Waals surface area contributed by atoms with Crippen LogP contribution in [0.25, 0.3) is 0 Å². The first-order valence-electron chi connectivity index (χ1n) is 7.00. The molecule has 1 aliphatic rings. The molecule has 0 aliphatic carbocycles. The fourth-order valence-electron chi connectivity index (χ4n) is 2.25. The maximum atomic E-state index is 12.6. The second kappa shape index (κ2) is 6.15. The average molecular weight is 305 g/mol. The van der Waals surface area contributed by atoms with Gasteiger partial charge in [0.2, 0.25) is 0 Å². The Hall–Kier alpha value is -2.41. The number of rotatable bonds is 5. The molecule has 1 fully saturated rings. The molecule has 2 N–H and O–H groups in total. The molecule has 7 nitrogen and oxygen atoms in total. The number of imide groups is 1. The minimum Gasteiger partial charge on any atom is -0.319 e. The standard InChI is InChI=1S/C15H19N3O4/c1-4-22-17-12(19)9-18-13(20)15(3,16-14(18)21)11-7-5-10(2)6-8-11/h5-8H,4,9H2,1-3H3,(H,16,21)(H,17,19)/t15-/m1/s1. The fraction of sp³-hybridized carbons (Fsp3) is 0.400. The Bertz CT molecular complexity index is 599. The number of aryl methyl sites for hydroxylation is 1. The minimum atomic E-state index is -1.17. The minimum absolute atomic E-state index is 0.299. The molecule has 1 saturated heterocycles. The van der Waals surface area contributed by atoms with Crippen LogP contribution in [0, 0.1) is 6.92 Å². The molecule has 118 valence electrons. The molecule has 1 aromatic rings. The Morgan fingerprint density at radius 3 is 2.55 bits per heavy atom. The van der Waals surface area contributed by atoms with Crippen LogP contribution >= 0.6 is 0 Å². The van der Waals surface area contributed by atoms with Gasteiger partial charge in [-0.15, -0.1) is 0 Å². The Balaban J connectivity index is 2.17. The van der Waals surface area contributed by atoms with Gasteiger partial charge in [-0.3, -0.25) is 19.3 Å². The van der Waals surface area contributed by atoms with Crippen molar-refractivity contribution in [2.24, 2.45) is 0 Å². The molecule has 22 heavy (non-hydrogen) atoms. The molecule has 2 rings (SSSR count). The van der Waals surface area contributed by atoms with E-state index in [0.717, 1.165) is 10.5 Å². The lowest BCUT2D eigenvalue weighted by molar-refractivity contribution is -0.139. The third-order valence-electron chi connectivity index (χ3n) is 3.54. The smallest absolute Gasteiger partial charge is 0.319 e. The molecule has 1 aliphatic heterocycles. The zero-order valence-corrected chi connectivity index (χ0v) is 12.8. The van der Waals surface area contributed by atoms with E-state index in [0.29, 0.717) is 12.2 Å². The van der Waals surface area contributed by atoms with Gasteiger partial charge in [-0.2, -0.15) is 0 Å². The fourth-order valence-corrected chi connectivity index (χ4v) is 2.25. The molecule has 0 radical (unpaired) electrons. The number of hydroxylamine groups is 1. The average Bonchev–Trinajstić information content (AvgIpc) is 2.70. The van der Waals surface area contributed by atoms with Crippen LogP contribution in [0.3, 0.4) is 0 Å². The first kappa shape index (κ1) is 16.0. The molecule has 0 saturated carbocycles. The number of hydrogen-bond donors (Lipinski definition) is 2. The van der Waals surface area contributed by atoms with Crippen molar-refractivity contribution < 1.29 is 19.2 Å². The molecule has 1 aromatic carbocycles. The Morgan fingerprint density at radius 1 is 1.32 bits per heavy atom. The third kappa shape index (κ3) is 2.94. The van der Waals surface area contributed by atoms with Gasteiger partial charge in [-0.25, -0.2) is 10.3 Å². The number of amides is 4. The zero-order valence-electron chi connectivity index (χ0n) is 12.8. The molecule has 0 spiro atoms. The van der Waals surface area contributed by atoms with Crippen LogP contribution in [0.4, 0.5) is 4.79 Å². The summed E-state index contributed by atoms with van der Waals surface area (Å²) in [7, 11) is 0. The van der Waals surface area contributed by atoms with E-state index in [1.807, 2.05) is 19.1 Å². The van der Waals surface area contributed by atoms with Crippen molar-refractivity contribution in [2.75, 3.05) is 13.2 Å². The van der Waals surface area contributed by atoms with Crippen LogP contribution in [0.15, 0.2) is 24.3 Å². The van der Waals surface area contributed by atoms with E-state index in [-0.39, 0.29) is 6.54 Å². The number of hydrogen-bond acceptors (Lipinski definition) is 4. The summed E-state index contributed by atoms with van der Waals surface area (Å²) in [5.74, 6) is -1.02. The summed E-state index contributed by atoms with van der Waals surface area (Å²) in [4.78, 5) is 41.8. The van der Waals surface area contributed by atoms with Gasteiger partial charge in [0, 0.05) is 0 Å². The highest BCUT2D eigenvalue weighted by molar-refractivity contribution is 6.09. The highest BCUT2D eigenvalue weighted by Crippen LogP contribution is 2.28. The SMILES string of the molecule is CCONC(=O)CN1C(=O)N[C@](C)(c2ccc(C)cc2)C1=O. The van der Waals surface area contributed by atoms with E-state index < -0.39 is 23.4 Å². The van der Waals surface area contributed by atoms with E-state index in [1.165, 1.54) is 0 Å². The van der Waals surface area contributed by atoms with Gasteiger partial charge in [0.15, 0.2) is 0 Å². The molecular formula is C15H19N3O4. The van der Waals surface area contributed by atoms with Gasteiger partial charge in [0.05, 0.1) is 6.61 Å². The summed E-state index contributed by atoms with van der Waals surface area (Å²) in [6.07, 6.45) is 0. The monoisotopic (exact) mass is 305 g/mol. The highest BCUT2D eigenvalue weighted by atomic mass is 16.6. The second-order valence-corrected chi connectivity index (χ2v) is 5.27. The quantitative estimate of drug-likeness (QED) is 0.623. The number of nitrogens with zero attached hydrogens (tertiary/aromatic N) is 1. The zero-order chi connectivity index (χ0) is 16.3. The number of urea groups is 1. The van der Waals surface area contributed by atoms with Crippen LogP contribution in [-0.2, 0) is 20.0 Å². The lowest BCUT2D eigenvalue weighted by atomic mass is 9.91. The molecule has 1 heterocycles. The molecule has 0 unspecified atom stereocenters. The molecule has 7 heteroatoms. The maximum absolute atomic E-state index is 12.6. The maximum Gasteiger partial charge on any atom is 0.325 e. The predicted molar refractivity (Wildman–Crippen MR) is 78.5 cm³/mol. The molecule has 0 bridgehead atoms. The summed E-state index contributed by atoms with van der Waals surface area (Å²) < 4.78 is 0. The van der Waals surface area contributed by atoms with E-state index in [9.17, 15) is 14.4 Å². The third-order valence-corrected chi connectivity index (χ3v) is 3.54. The number of carbonyl (C=O) groups excluding carboxylic acids is 3. The summed E-state index contributed by atoms with van der Waals surface area (Å²) in [6.45, 7) is 5.19. The summed E-state index contributed by atoms with van der Waals surface area (Å²) in [5.41, 5.74) is 2.72. The van der Waals surface area contributed by atoms with Crippen molar-refractivity contribution in [1.29, 1.82) is 0 Å². The first-order valence-corrected chi connectivity index (χ1v) is 7.00. The molecular weight excluding hydrogens is 286 g/mol. The van der Waals surface area contributed by atoms with Gasteiger partial charge in [0.1, 0.15) is 12.1 Å². The lowest BCUT2D eigenvalue weighted by Gasteiger charge is -2.22. The topological polar surface area (TPSA) is 87.7 Å². The van der Waals surface area contributed by atoms with Crippen molar-refractivity contribution in [3.05, 3.63) is 35.4 Å². The summed E-state index contributed by atoms with van der Waals surface area (Å²) in [6, 6.07) is 6.71. The van der Waals surface area contributed by atoms with Crippen LogP contribution < -0.4 is 10.8 Å². The predicted octanol–water partition coefficient (Wildman–Crippen LogP) is 0.830. The summed E-state index contributed by atoms with van der Waals surface area (Å²) >= 11 is 0. The molecule has 0 aromatic heterocycles. The van der Waals surface area contributed by atoms with E-state index in [1.54, 1.807) is 26.0 Å². The normalized spacial score (nSPS) is 21.0. The van der Waals surface area contributed by atoms with Crippen LogP contribution in [0.5, 0.6) is 0 Å². The molecule has 1 atom stereocenters. The number of benzene rings is 1. The summed E-state index contributed by atoms with van der Waals surface area (Å²) in [5, 5.41) is 2.64. The van der Waals surface area contributed by atoms with Crippen LogP contribution in [0.2, 0.25) is 0 Å². The van der Waals surface area contributed by atoms with Gasteiger partial charge in [0.25, 0.3) is 11.8 Å². The van der Waals surface area contributed by atoms with Crippen molar-refractivity contribution in [3.8, 4) is 0 Å². The van der Waals surface area contributed by atoms with Crippen molar-refractivity contribution in [3.63, 3.8) is 0 Å². The lowest BCUT2D eigenvalue weighted by Crippen LogP contribution is -2.43. The van der Waals surface area contributed by atoms with Crippen LogP contribution in [0.1, 0.15) is 25.0 Å². The van der Waals surface area contributed by atoms with Gasteiger partial charge < -0.3 is 5.32 Å². The van der Waals surface area contributed by atoms with E-state index in [4.69, 9.17) is 4.84 Å². The Kier molecular flexibility index (Phi) is 4.46. The Labute approximate surface area is 128 Å². The van der Waals surface area contributed by atoms with Crippen LogP contribution in [-0.4, -0.2) is 35.9 Å². The first-order chi connectivity index (χ1) is 10.4. The van der Waals surface area contributed by atoms with Gasteiger partial charge in [-0.05, 0) is 26.3 Å². The number of carbonyl (C=O) groups is 3. The van der Waals surface area contributed by atoms with E-state index >= 15 is 0 Å². The van der Waals surface area contributed by atoms with Crippen molar-refractivity contribution in [1.82, 2.24) is 15.7 Å². The van der Waals surface area contributed by atoms with Gasteiger partial charge in [-0.1, -0.05) is 29.8 Å². The second-order valence-electron chi connectivity index (χ2n) is 5.27. The largest absolute Gasteiger partial charge is 0.325 e.